The number of aromatic hydroxyl groups is 1. The minimum Gasteiger partial charge on any atom is -0.494 e. The summed E-state index contributed by atoms with van der Waals surface area (Å²) in [4.78, 5) is 22.4. The summed E-state index contributed by atoms with van der Waals surface area (Å²) >= 11 is 0. The number of nitrogens with one attached hydrogen (secondary N) is 1. The van der Waals surface area contributed by atoms with Crippen LogP contribution in [0.4, 0.5) is 5.69 Å². The number of methoxy groups -OCH3 is 1. The van der Waals surface area contributed by atoms with E-state index in [1.165, 1.54) is 12.7 Å². The van der Waals surface area contributed by atoms with Crippen molar-refractivity contribution in [2.45, 2.75) is 19.4 Å². The fraction of sp³-hybridized carbons (Fsp3) is 0.267. The summed E-state index contributed by atoms with van der Waals surface area (Å²) < 4.78 is 4.83. The molecule has 3 N–H and O–H groups in total. The van der Waals surface area contributed by atoms with Gasteiger partial charge in [-0.3, -0.25) is 4.90 Å². The van der Waals surface area contributed by atoms with Crippen molar-refractivity contribution >= 4 is 28.3 Å². The van der Waals surface area contributed by atoms with Gasteiger partial charge < -0.3 is 19.9 Å². The Morgan fingerprint density at radius 3 is 2.43 bits per heavy atom. The maximum atomic E-state index is 12.0. The number of aliphatic imine (C=N–C) groups is 1. The van der Waals surface area contributed by atoms with Crippen molar-refractivity contribution in [1.82, 2.24) is 9.88 Å². The number of ether oxygens (including phenoxy) is 1. The van der Waals surface area contributed by atoms with Gasteiger partial charge in [-0.2, -0.15) is 0 Å². The van der Waals surface area contributed by atoms with Crippen LogP contribution in [0.3, 0.4) is 0 Å². The summed E-state index contributed by atoms with van der Waals surface area (Å²) in [5.41, 5.74) is 5.10. The average Bonchev–Trinajstić information content (AvgIpc) is 3.27. The van der Waals surface area contributed by atoms with E-state index in [9.17, 15) is 15.0 Å². The van der Waals surface area contributed by atoms with Crippen LogP contribution in [0.15, 0.2) is 77.8 Å². The SMILES string of the molecule is COC(=O)c1ccc2c(C(=Nc3ccc(CN4CCC(CO)CC4)cc3)c3ccccc3)c(O)[nH]c2c1. The number of rotatable bonds is 7. The fourth-order valence-corrected chi connectivity index (χ4v) is 4.92. The lowest BCUT2D eigenvalue weighted by atomic mass is 9.97. The van der Waals surface area contributed by atoms with E-state index in [1.54, 1.807) is 18.2 Å². The fourth-order valence-electron chi connectivity index (χ4n) is 4.92. The summed E-state index contributed by atoms with van der Waals surface area (Å²) in [6.45, 7) is 3.16. The number of hydrogen-bond acceptors (Lipinski definition) is 6. The summed E-state index contributed by atoms with van der Waals surface area (Å²) in [6.07, 6.45) is 2.07. The van der Waals surface area contributed by atoms with Crippen LogP contribution in [0.1, 0.15) is 39.9 Å². The van der Waals surface area contributed by atoms with Crippen molar-refractivity contribution in [2.24, 2.45) is 10.9 Å². The number of esters is 1. The molecule has 5 rings (SSSR count). The van der Waals surface area contributed by atoms with Gasteiger partial charge in [0.15, 0.2) is 5.88 Å². The number of aliphatic hydroxyl groups excluding tert-OH is 1. The Bertz CT molecular complexity index is 1400. The Labute approximate surface area is 216 Å². The molecule has 0 amide bonds. The third kappa shape index (κ3) is 5.43. The van der Waals surface area contributed by atoms with Crippen molar-refractivity contribution in [1.29, 1.82) is 0 Å². The molecule has 2 heterocycles. The molecule has 0 atom stereocenters. The van der Waals surface area contributed by atoms with Crippen molar-refractivity contribution < 1.29 is 19.7 Å². The highest BCUT2D eigenvalue weighted by Gasteiger charge is 2.21. The molecule has 1 fully saturated rings. The number of hydrogen-bond donors (Lipinski definition) is 3. The Morgan fingerprint density at radius 2 is 1.76 bits per heavy atom. The quantitative estimate of drug-likeness (QED) is 0.246. The molecule has 0 radical (unpaired) electrons. The zero-order chi connectivity index (χ0) is 25.8. The predicted octanol–water partition coefficient (Wildman–Crippen LogP) is 5.03. The number of aromatic amines is 1. The van der Waals surface area contributed by atoms with Gasteiger partial charge in [-0.1, -0.05) is 48.5 Å². The minimum absolute atomic E-state index is 0.0116. The molecule has 7 heteroatoms. The van der Waals surface area contributed by atoms with Crippen LogP contribution < -0.4 is 0 Å². The van der Waals surface area contributed by atoms with Crippen LogP contribution >= 0.6 is 0 Å². The van der Waals surface area contributed by atoms with Crippen LogP contribution in [-0.2, 0) is 11.3 Å². The second-order valence-corrected chi connectivity index (χ2v) is 9.50. The third-order valence-corrected chi connectivity index (χ3v) is 7.03. The second kappa shape index (κ2) is 11.0. The lowest BCUT2D eigenvalue weighted by Gasteiger charge is -2.31. The summed E-state index contributed by atoms with van der Waals surface area (Å²) in [7, 11) is 1.34. The molecule has 0 bridgehead atoms. The Hall–Kier alpha value is -3.94. The molecule has 0 aliphatic carbocycles. The van der Waals surface area contributed by atoms with E-state index < -0.39 is 5.97 Å². The van der Waals surface area contributed by atoms with Crippen molar-refractivity contribution in [3.05, 3.63) is 95.1 Å². The number of aromatic nitrogens is 1. The average molecular weight is 498 g/mol. The van der Waals surface area contributed by atoms with Gasteiger partial charge >= 0.3 is 5.97 Å². The highest BCUT2D eigenvalue weighted by atomic mass is 16.5. The third-order valence-electron chi connectivity index (χ3n) is 7.03. The minimum atomic E-state index is -0.438. The van der Waals surface area contributed by atoms with Crippen LogP contribution in [0.2, 0.25) is 0 Å². The topological polar surface area (TPSA) is 98.2 Å². The molecule has 1 aromatic heterocycles. The number of carbonyl (C=O) groups is 1. The van der Waals surface area contributed by atoms with Gasteiger partial charge in [0.05, 0.1) is 29.6 Å². The first-order valence-corrected chi connectivity index (χ1v) is 12.6. The number of aliphatic hydroxyl groups is 1. The molecule has 0 saturated carbocycles. The van der Waals surface area contributed by atoms with E-state index in [0.717, 1.165) is 49.1 Å². The van der Waals surface area contributed by atoms with Gasteiger partial charge in [-0.25, -0.2) is 9.79 Å². The van der Waals surface area contributed by atoms with Crippen LogP contribution in [-0.4, -0.2) is 58.6 Å². The normalized spacial score (nSPS) is 15.2. The van der Waals surface area contributed by atoms with Crippen LogP contribution in [0.25, 0.3) is 10.9 Å². The summed E-state index contributed by atoms with van der Waals surface area (Å²) in [5, 5.41) is 21.1. The van der Waals surface area contributed by atoms with E-state index >= 15 is 0 Å². The second-order valence-electron chi connectivity index (χ2n) is 9.50. The Morgan fingerprint density at radius 1 is 1.03 bits per heavy atom. The molecule has 190 valence electrons. The molecule has 3 aromatic carbocycles. The highest BCUT2D eigenvalue weighted by Crippen LogP contribution is 2.32. The lowest BCUT2D eigenvalue weighted by molar-refractivity contribution is 0.0601. The van der Waals surface area contributed by atoms with Crippen LogP contribution in [0.5, 0.6) is 5.88 Å². The molecule has 4 aromatic rings. The summed E-state index contributed by atoms with van der Waals surface area (Å²) in [5.74, 6) is -0.0211. The Balaban J connectivity index is 1.47. The summed E-state index contributed by atoms with van der Waals surface area (Å²) in [6, 6.07) is 23.1. The van der Waals surface area contributed by atoms with Crippen LogP contribution in [0, 0.1) is 5.92 Å². The van der Waals surface area contributed by atoms with Crippen molar-refractivity contribution in [3.63, 3.8) is 0 Å². The molecule has 37 heavy (non-hydrogen) atoms. The van der Waals surface area contributed by atoms with Gasteiger partial charge in [0.1, 0.15) is 0 Å². The molecule has 7 nitrogen and oxygen atoms in total. The largest absolute Gasteiger partial charge is 0.494 e. The first kappa shape index (κ1) is 24.7. The molecule has 1 saturated heterocycles. The monoisotopic (exact) mass is 497 g/mol. The smallest absolute Gasteiger partial charge is 0.337 e. The number of carbonyl (C=O) groups excluding carboxylic acids is 1. The molecular formula is C30H31N3O4. The maximum Gasteiger partial charge on any atom is 0.337 e. The van der Waals surface area contributed by atoms with E-state index in [4.69, 9.17) is 9.73 Å². The van der Waals surface area contributed by atoms with E-state index in [1.807, 2.05) is 42.5 Å². The first-order chi connectivity index (χ1) is 18.1. The van der Waals surface area contributed by atoms with Crippen molar-refractivity contribution in [3.8, 4) is 5.88 Å². The maximum absolute atomic E-state index is 12.0. The molecule has 0 unspecified atom stereocenters. The predicted molar refractivity (Wildman–Crippen MR) is 145 cm³/mol. The first-order valence-electron chi connectivity index (χ1n) is 12.6. The lowest BCUT2D eigenvalue weighted by Crippen LogP contribution is -2.34. The number of piperidine rings is 1. The van der Waals surface area contributed by atoms with Gasteiger partial charge in [0.2, 0.25) is 0 Å². The van der Waals surface area contributed by atoms with E-state index in [-0.39, 0.29) is 12.5 Å². The molecule has 1 aliphatic heterocycles. The number of fused-ring (bicyclic) bond motifs is 1. The zero-order valence-electron chi connectivity index (χ0n) is 20.9. The van der Waals surface area contributed by atoms with Gasteiger partial charge in [0.25, 0.3) is 0 Å². The highest BCUT2D eigenvalue weighted by molar-refractivity contribution is 6.22. The van der Waals surface area contributed by atoms with E-state index in [2.05, 4.69) is 22.0 Å². The number of H-pyrrole nitrogens is 1. The van der Waals surface area contributed by atoms with Gasteiger partial charge in [-0.15, -0.1) is 0 Å². The van der Waals surface area contributed by atoms with Crippen molar-refractivity contribution in [2.75, 3.05) is 26.8 Å². The molecular weight excluding hydrogens is 466 g/mol. The van der Waals surface area contributed by atoms with E-state index in [0.29, 0.717) is 28.3 Å². The van der Waals surface area contributed by atoms with Gasteiger partial charge in [-0.05, 0) is 61.7 Å². The molecule has 1 aliphatic rings. The van der Waals surface area contributed by atoms with Gasteiger partial charge in [0, 0.05) is 29.6 Å². The number of benzene rings is 3. The standard InChI is InChI=1S/C30H31N3O4/c1-37-30(36)23-9-12-25-26(17-23)32-29(35)27(25)28(22-5-3-2-4-6-22)31-24-10-7-20(8-11-24)18-33-15-13-21(19-34)14-16-33/h2-12,17,21,32,34-35H,13-16,18-19H2,1H3. The zero-order valence-corrected chi connectivity index (χ0v) is 20.9. The molecule has 0 spiro atoms. The Kier molecular flexibility index (Phi) is 7.35. The number of likely N-dealkylation sites (tertiary alicyclic amines) is 1. The number of nitrogens with zero attached hydrogens (tertiary/aromatic N) is 2.